The Bertz CT molecular complexity index is 261. The zero-order valence-corrected chi connectivity index (χ0v) is 6.95. The van der Waals surface area contributed by atoms with E-state index in [-0.39, 0.29) is 0 Å². The van der Waals surface area contributed by atoms with Gasteiger partial charge in [-0.1, -0.05) is 0 Å². The predicted octanol–water partition coefficient (Wildman–Crippen LogP) is 2.51. The van der Waals surface area contributed by atoms with E-state index in [1.54, 1.807) is 12.5 Å². The van der Waals surface area contributed by atoms with Gasteiger partial charge in [-0.15, -0.1) is 0 Å². The van der Waals surface area contributed by atoms with Gasteiger partial charge in [-0.2, -0.15) is 0 Å². The highest BCUT2D eigenvalue weighted by molar-refractivity contribution is 5.80. The van der Waals surface area contributed by atoms with Crippen LogP contribution in [0.3, 0.4) is 0 Å². The van der Waals surface area contributed by atoms with Crippen molar-refractivity contribution in [2.75, 3.05) is 0 Å². The van der Waals surface area contributed by atoms with E-state index < -0.39 is 0 Å². The molecule has 0 spiro atoms. The molecule has 0 amide bonds. The van der Waals surface area contributed by atoms with Crippen molar-refractivity contribution in [3.8, 4) is 0 Å². The summed E-state index contributed by atoms with van der Waals surface area (Å²) < 4.78 is 4.99. The monoisotopic (exact) mass is 164 g/mol. The van der Waals surface area contributed by atoms with Crippen LogP contribution in [-0.4, -0.2) is 5.78 Å². The lowest BCUT2D eigenvalue weighted by Crippen LogP contribution is -2.12. The van der Waals surface area contributed by atoms with Crippen LogP contribution in [0, 0.1) is 0 Å². The fraction of sp³-hybridized carbons (Fsp3) is 0.500. The van der Waals surface area contributed by atoms with E-state index in [0.29, 0.717) is 18.1 Å². The number of hydrogen-bond acceptors (Lipinski definition) is 2. The van der Waals surface area contributed by atoms with Gasteiger partial charge in [-0.3, -0.25) is 4.79 Å². The third kappa shape index (κ3) is 1.42. The highest BCUT2D eigenvalue weighted by Gasteiger charge is 2.21. The first-order valence-electron chi connectivity index (χ1n) is 4.40. The van der Waals surface area contributed by atoms with Crippen molar-refractivity contribution in [1.82, 2.24) is 0 Å². The molecule has 0 bridgehead atoms. The fourth-order valence-electron chi connectivity index (χ4n) is 1.82. The lowest BCUT2D eigenvalue weighted by molar-refractivity contribution is -0.120. The summed E-state index contributed by atoms with van der Waals surface area (Å²) in [5.74, 6) is 0.817. The zero-order valence-electron chi connectivity index (χ0n) is 6.95. The van der Waals surface area contributed by atoms with Crippen molar-refractivity contribution in [2.24, 2.45) is 0 Å². The van der Waals surface area contributed by atoms with Crippen LogP contribution in [0.1, 0.15) is 37.2 Å². The minimum atomic E-state index is 0.396. The molecule has 2 nitrogen and oxygen atoms in total. The summed E-state index contributed by atoms with van der Waals surface area (Å²) in [7, 11) is 0. The van der Waals surface area contributed by atoms with Crippen molar-refractivity contribution in [3.05, 3.63) is 24.2 Å². The largest absolute Gasteiger partial charge is 0.472 e. The molecule has 0 unspecified atom stereocenters. The molecule has 2 heteroatoms. The van der Waals surface area contributed by atoms with Crippen LogP contribution in [0.15, 0.2) is 23.0 Å². The topological polar surface area (TPSA) is 30.2 Å². The average Bonchev–Trinajstić information content (AvgIpc) is 2.56. The summed E-state index contributed by atoms with van der Waals surface area (Å²) >= 11 is 0. The molecule has 0 radical (unpaired) electrons. The van der Waals surface area contributed by atoms with Gasteiger partial charge in [0.25, 0.3) is 0 Å². The Balaban J connectivity index is 2.09. The molecule has 1 heterocycles. The van der Waals surface area contributed by atoms with E-state index in [9.17, 15) is 4.79 Å². The number of hydrogen-bond donors (Lipinski definition) is 0. The molecule has 1 saturated carbocycles. The van der Waals surface area contributed by atoms with Gasteiger partial charge in [0, 0.05) is 12.8 Å². The lowest BCUT2D eigenvalue weighted by Gasteiger charge is -2.18. The van der Waals surface area contributed by atoms with Crippen LogP contribution >= 0.6 is 0 Å². The lowest BCUT2D eigenvalue weighted by atomic mass is 9.85. The molecule has 12 heavy (non-hydrogen) atoms. The van der Waals surface area contributed by atoms with E-state index in [1.165, 1.54) is 5.56 Å². The number of carbonyl (C=O) groups excluding carboxylic acids is 1. The maximum absolute atomic E-state index is 11.1. The van der Waals surface area contributed by atoms with Crippen LogP contribution in [0.4, 0.5) is 0 Å². The SMILES string of the molecule is O=C1CCC[C@H](c2ccoc2)C1. The molecule has 1 aromatic rings. The van der Waals surface area contributed by atoms with Crippen molar-refractivity contribution in [3.63, 3.8) is 0 Å². The Labute approximate surface area is 71.6 Å². The third-order valence-electron chi connectivity index (χ3n) is 2.50. The summed E-state index contributed by atoms with van der Waals surface area (Å²) in [6, 6.07) is 1.96. The molecule has 0 aliphatic heterocycles. The molecule has 0 aromatic carbocycles. The Morgan fingerprint density at radius 1 is 1.50 bits per heavy atom. The van der Waals surface area contributed by atoms with Crippen LogP contribution < -0.4 is 0 Å². The highest BCUT2D eigenvalue weighted by Crippen LogP contribution is 2.30. The van der Waals surface area contributed by atoms with Gasteiger partial charge in [-0.05, 0) is 30.4 Å². The Morgan fingerprint density at radius 2 is 2.42 bits per heavy atom. The second-order valence-electron chi connectivity index (χ2n) is 3.39. The molecule has 1 aliphatic carbocycles. The van der Waals surface area contributed by atoms with E-state index in [1.807, 2.05) is 6.07 Å². The molecule has 0 saturated heterocycles. The molecule has 64 valence electrons. The quantitative estimate of drug-likeness (QED) is 0.638. The molecule has 1 aliphatic rings. The molecule has 1 atom stereocenters. The second-order valence-corrected chi connectivity index (χ2v) is 3.39. The van der Waals surface area contributed by atoms with Crippen LogP contribution in [0.25, 0.3) is 0 Å². The molecule has 1 fully saturated rings. The van der Waals surface area contributed by atoms with E-state index in [2.05, 4.69) is 0 Å². The first-order valence-corrected chi connectivity index (χ1v) is 4.40. The van der Waals surface area contributed by atoms with Gasteiger partial charge in [0.15, 0.2) is 0 Å². The normalized spacial score (nSPS) is 24.3. The van der Waals surface area contributed by atoms with Gasteiger partial charge >= 0.3 is 0 Å². The number of Topliss-reactive ketones (excluding diaryl/α,β-unsaturated/α-hetero) is 1. The van der Waals surface area contributed by atoms with Crippen molar-refractivity contribution in [1.29, 1.82) is 0 Å². The van der Waals surface area contributed by atoms with Crippen LogP contribution in [-0.2, 0) is 4.79 Å². The van der Waals surface area contributed by atoms with E-state index in [0.717, 1.165) is 19.3 Å². The van der Waals surface area contributed by atoms with E-state index >= 15 is 0 Å². The Kier molecular flexibility index (Phi) is 1.98. The van der Waals surface area contributed by atoms with Gasteiger partial charge in [0.2, 0.25) is 0 Å². The zero-order chi connectivity index (χ0) is 8.39. The second kappa shape index (κ2) is 3.13. The minimum Gasteiger partial charge on any atom is -0.472 e. The molecular formula is C10H12O2. The molecule has 0 N–H and O–H groups in total. The smallest absolute Gasteiger partial charge is 0.133 e. The van der Waals surface area contributed by atoms with Crippen LogP contribution in [0.5, 0.6) is 0 Å². The van der Waals surface area contributed by atoms with Gasteiger partial charge in [0.05, 0.1) is 12.5 Å². The third-order valence-corrected chi connectivity index (χ3v) is 2.50. The first-order chi connectivity index (χ1) is 5.86. The van der Waals surface area contributed by atoms with Crippen molar-refractivity contribution < 1.29 is 9.21 Å². The Morgan fingerprint density at radius 3 is 3.08 bits per heavy atom. The number of carbonyl (C=O) groups is 1. The maximum atomic E-state index is 11.1. The minimum absolute atomic E-state index is 0.396. The summed E-state index contributed by atoms with van der Waals surface area (Å²) in [6.07, 6.45) is 7.07. The summed E-state index contributed by atoms with van der Waals surface area (Å²) in [5.41, 5.74) is 1.18. The van der Waals surface area contributed by atoms with Gasteiger partial charge < -0.3 is 4.42 Å². The number of ketones is 1. The molecular weight excluding hydrogens is 152 g/mol. The summed E-state index contributed by atoms with van der Waals surface area (Å²) in [4.78, 5) is 11.1. The van der Waals surface area contributed by atoms with Gasteiger partial charge in [0.1, 0.15) is 5.78 Å². The van der Waals surface area contributed by atoms with Crippen molar-refractivity contribution >= 4 is 5.78 Å². The van der Waals surface area contributed by atoms with Crippen LogP contribution in [0.2, 0.25) is 0 Å². The predicted molar refractivity (Wildman–Crippen MR) is 44.9 cm³/mol. The highest BCUT2D eigenvalue weighted by atomic mass is 16.3. The summed E-state index contributed by atoms with van der Waals surface area (Å²) in [5, 5.41) is 0. The summed E-state index contributed by atoms with van der Waals surface area (Å²) in [6.45, 7) is 0. The first kappa shape index (κ1) is 7.59. The van der Waals surface area contributed by atoms with Gasteiger partial charge in [-0.25, -0.2) is 0 Å². The fourth-order valence-corrected chi connectivity index (χ4v) is 1.82. The molecule has 1 aromatic heterocycles. The van der Waals surface area contributed by atoms with Crippen molar-refractivity contribution in [2.45, 2.75) is 31.6 Å². The van der Waals surface area contributed by atoms with E-state index in [4.69, 9.17) is 4.42 Å². The Hall–Kier alpha value is -1.05. The maximum Gasteiger partial charge on any atom is 0.133 e. The average molecular weight is 164 g/mol. The number of furan rings is 1. The number of rotatable bonds is 1. The molecule has 2 rings (SSSR count). The standard InChI is InChI=1S/C10H12O2/c11-10-3-1-2-8(6-10)9-4-5-12-7-9/h4-5,7-8H,1-3,6H2/t8-/m0/s1.